The first-order chi connectivity index (χ1) is 19.8. The molecule has 4 aromatic rings. The molecule has 0 saturated heterocycles. The summed E-state index contributed by atoms with van der Waals surface area (Å²) in [5.74, 6) is 0. The van der Waals surface area contributed by atoms with Gasteiger partial charge in [-0.05, 0) is 95.2 Å². The van der Waals surface area contributed by atoms with E-state index in [1.165, 1.54) is 66.4 Å². The summed E-state index contributed by atoms with van der Waals surface area (Å²) in [6.45, 7) is 12.0. The minimum Gasteiger partial charge on any atom is -0.0876 e. The fourth-order valence-corrected chi connectivity index (χ4v) is 9.22. The summed E-state index contributed by atoms with van der Waals surface area (Å²) in [6.07, 6.45) is 9.22. The average Bonchev–Trinajstić information content (AvgIpc) is 3.00. The molecule has 0 nitrogen and oxygen atoms in total. The number of fused-ring (bicyclic) bond motifs is 1. The van der Waals surface area contributed by atoms with Crippen molar-refractivity contribution in [3.8, 4) is 0 Å². The van der Waals surface area contributed by atoms with Gasteiger partial charge in [0.05, 0.1) is 7.92 Å². The number of hydrogen-bond donors (Lipinski definition) is 0. The van der Waals surface area contributed by atoms with Gasteiger partial charge in [0.1, 0.15) is 15.9 Å². The fraction of sp³-hybridized carbons (Fsp3) is 0.385. The van der Waals surface area contributed by atoms with E-state index in [9.17, 15) is 0 Å². The first-order valence-electron chi connectivity index (χ1n) is 15.5. The third kappa shape index (κ3) is 8.21. The average molecular weight is 629 g/mol. The van der Waals surface area contributed by atoms with Gasteiger partial charge in [-0.15, -0.1) is 0 Å². The minimum absolute atomic E-state index is 0.322. The molecule has 216 valence electrons. The van der Waals surface area contributed by atoms with Crippen molar-refractivity contribution < 1.29 is 0 Å². The highest BCUT2D eigenvalue weighted by Crippen LogP contribution is 2.47. The van der Waals surface area contributed by atoms with Crippen LogP contribution < -0.4 is 15.9 Å². The van der Waals surface area contributed by atoms with Crippen molar-refractivity contribution >= 4 is 39.8 Å². The molecule has 0 unspecified atom stereocenters. The smallest absolute Gasteiger partial charge is 0.0876 e. The highest BCUT2D eigenvalue weighted by Gasteiger charge is 2.37. The highest BCUT2D eigenvalue weighted by molar-refractivity contribution is 9.08. The maximum atomic E-state index is 3.72. The van der Waals surface area contributed by atoms with Crippen LogP contribution in [0.25, 0.3) is 0 Å². The van der Waals surface area contributed by atoms with Gasteiger partial charge in [0.25, 0.3) is 0 Å². The van der Waals surface area contributed by atoms with Gasteiger partial charge in [0.2, 0.25) is 0 Å². The number of unbranched alkanes of at least 4 members (excludes halogenated alkanes) is 3. The molecular weight excluding hydrogens is 579 g/mol. The molecule has 0 saturated carbocycles. The van der Waals surface area contributed by atoms with Gasteiger partial charge in [-0.2, -0.15) is 0 Å². The Balaban J connectivity index is 0.000000191. The van der Waals surface area contributed by atoms with Crippen LogP contribution in [0.2, 0.25) is 0 Å². The van der Waals surface area contributed by atoms with Crippen LogP contribution in [0.1, 0.15) is 95.4 Å². The van der Waals surface area contributed by atoms with Gasteiger partial charge in [-0.3, -0.25) is 0 Å². The van der Waals surface area contributed by atoms with Crippen LogP contribution in [-0.2, 0) is 22.6 Å². The van der Waals surface area contributed by atoms with Crippen molar-refractivity contribution in [2.24, 2.45) is 0 Å². The van der Waals surface area contributed by atoms with Crippen LogP contribution in [0.3, 0.4) is 0 Å². The normalized spacial score (nSPS) is 15.1. The Kier molecular flexibility index (Phi) is 11.4. The zero-order chi connectivity index (χ0) is 29.3. The number of hydrogen-bond acceptors (Lipinski definition) is 0. The number of aryl methyl sites for hydroxylation is 1. The van der Waals surface area contributed by atoms with E-state index in [-0.39, 0.29) is 0 Å². The summed E-state index contributed by atoms with van der Waals surface area (Å²) in [4.78, 5) is 0. The van der Waals surface area contributed by atoms with Gasteiger partial charge in [0.15, 0.2) is 0 Å². The second kappa shape index (κ2) is 14.8. The molecular formula is C39H49BrP+. The minimum atomic E-state index is -0.877. The molecule has 0 aliphatic heterocycles. The lowest BCUT2D eigenvalue weighted by molar-refractivity contribution is 0.331. The third-order valence-electron chi connectivity index (χ3n) is 8.80. The zero-order valence-electron chi connectivity index (χ0n) is 25.8. The monoisotopic (exact) mass is 627 g/mol. The molecule has 0 bridgehead atoms. The third-order valence-corrected chi connectivity index (χ3v) is 12.1. The standard InChI is InChI=1S/C21H33Br.C18H15P/c1-6-7-8-9-10-16-13-18-19(14-17(16)15-22)21(4,5)12-11-20(18,2)3;1-4-10-16(11-5-1)19(17-12-6-2-7-13-17)18-14-8-3-9-15-18/h13-14H,6-12,15H2,1-5H3;1-15H/p+1. The lowest BCUT2D eigenvalue weighted by Crippen LogP contribution is -2.34. The molecule has 0 N–H and O–H groups in total. The largest absolute Gasteiger partial charge is 0.102 e. The van der Waals surface area contributed by atoms with E-state index in [2.05, 4.69) is 154 Å². The molecule has 0 aromatic heterocycles. The molecule has 0 radical (unpaired) electrons. The molecule has 0 spiro atoms. The van der Waals surface area contributed by atoms with E-state index >= 15 is 0 Å². The lowest BCUT2D eigenvalue weighted by Gasteiger charge is -2.42. The Morgan fingerprint density at radius 1 is 0.585 bits per heavy atom. The first-order valence-corrected chi connectivity index (χ1v) is 18.1. The zero-order valence-corrected chi connectivity index (χ0v) is 28.4. The van der Waals surface area contributed by atoms with Crippen LogP contribution in [0, 0.1) is 0 Å². The summed E-state index contributed by atoms with van der Waals surface area (Å²) in [5.41, 5.74) is 6.95. The van der Waals surface area contributed by atoms with Crippen LogP contribution in [0.4, 0.5) is 0 Å². The van der Waals surface area contributed by atoms with E-state index < -0.39 is 7.92 Å². The van der Waals surface area contributed by atoms with Crippen molar-refractivity contribution in [1.29, 1.82) is 0 Å². The van der Waals surface area contributed by atoms with Crippen molar-refractivity contribution in [1.82, 2.24) is 0 Å². The van der Waals surface area contributed by atoms with E-state index in [4.69, 9.17) is 0 Å². The lowest BCUT2D eigenvalue weighted by atomic mass is 9.62. The number of rotatable bonds is 9. The summed E-state index contributed by atoms with van der Waals surface area (Å²) >= 11 is 3.72. The first kappa shape index (κ1) is 31.7. The molecule has 41 heavy (non-hydrogen) atoms. The van der Waals surface area contributed by atoms with Gasteiger partial charge in [-0.25, -0.2) is 0 Å². The van der Waals surface area contributed by atoms with Crippen molar-refractivity contribution in [2.45, 2.75) is 95.7 Å². The molecule has 4 aromatic carbocycles. The molecule has 0 amide bonds. The highest BCUT2D eigenvalue weighted by atomic mass is 79.9. The topological polar surface area (TPSA) is 0 Å². The maximum absolute atomic E-state index is 3.72. The Labute approximate surface area is 259 Å². The Hall–Kier alpha value is -2.21. The van der Waals surface area contributed by atoms with Crippen molar-refractivity contribution in [3.05, 3.63) is 125 Å². The predicted octanol–water partition coefficient (Wildman–Crippen LogP) is 10.2. The molecule has 2 heteroatoms. The molecule has 0 atom stereocenters. The van der Waals surface area contributed by atoms with E-state index in [0.29, 0.717) is 10.8 Å². The molecule has 5 rings (SSSR count). The van der Waals surface area contributed by atoms with Crippen LogP contribution in [0.5, 0.6) is 0 Å². The number of alkyl halides is 1. The van der Waals surface area contributed by atoms with Gasteiger partial charge >= 0.3 is 0 Å². The van der Waals surface area contributed by atoms with Gasteiger partial charge in [-0.1, -0.05) is 137 Å². The second-order valence-electron chi connectivity index (χ2n) is 12.9. The number of halogens is 1. The molecule has 0 heterocycles. The summed E-state index contributed by atoms with van der Waals surface area (Å²) in [6, 6.07) is 37.6. The van der Waals surface area contributed by atoms with Crippen LogP contribution in [-0.4, -0.2) is 0 Å². The Bertz CT molecular complexity index is 1250. The van der Waals surface area contributed by atoms with Crippen LogP contribution >= 0.6 is 23.9 Å². The molecule has 1 aliphatic carbocycles. The maximum Gasteiger partial charge on any atom is 0.102 e. The van der Waals surface area contributed by atoms with E-state index in [1.54, 1.807) is 16.7 Å². The van der Waals surface area contributed by atoms with Crippen LogP contribution in [0.15, 0.2) is 103 Å². The summed E-state index contributed by atoms with van der Waals surface area (Å²) in [7, 11) is -0.877. The van der Waals surface area contributed by atoms with E-state index in [0.717, 1.165) is 5.33 Å². The predicted molar refractivity (Wildman–Crippen MR) is 189 cm³/mol. The quantitative estimate of drug-likeness (QED) is 0.0983. The van der Waals surface area contributed by atoms with Crippen molar-refractivity contribution in [2.75, 3.05) is 0 Å². The van der Waals surface area contributed by atoms with Crippen molar-refractivity contribution in [3.63, 3.8) is 0 Å². The Morgan fingerprint density at radius 2 is 1.00 bits per heavy atom. The summed E-state index contributed by atoms with van der Waals surface area (Å²) in [5, 5.41) is 5.29. The molecule has 0 fully saturated rings. The molecule has 1 aliphatic rings. The fourth-order valence-electron chi connectivity index (χ4n) is 6.12. The number of benzene rings is 4. The summed E-state index contributed by atoms with van der Waals surface area (Å²) < 4.78 is 0. The Morgan fingerprint density at radius 3 is 1.39 bits per heavy atom. The SMILES string of the molecule is CCCCCCc1cc2c(cc1CBr)C(C)(C)CCC2(C)C.c1ccc([PH+](c2ccccc2)c2ccccc2)cc1. The second-order valence-corrected chi connectivity index (χ2v) is 15.9. The van der Waals surface area contributed by atoms with Gasteiger partial charge in [0, 0.05) is 5.33 Å². The van der Waals surface area contributed by atoms with E-state index in [1.807, 2.05) is 0 Å². The van der Waals surface area contributed by atoms with Gasteiger partial charge < -0.3 is 0 Å².